The highest BCUT2D eigenvalue weighted by Crippen LogP contribution is 2.39. The van der Waals surface area contributed by atoms with Crippen molar-refractivity contribution in [3.63, 3.8) is 0 Å². The summed E-state index contributed by atoms with van der Waals surface area (Å²) < 4.78 is 8.87. The van der Waals surface area contributed by atoms with Crippen LogP contribution in [0.3, 0.4) is 0 Å². The van der Waals surface area contributed by atoms with Crippen LogP contribution in [-0.2, 0) is 17.7 Å². The van der Waals surface area contributed by atoms with Gasteiger partial charge in [0.15, 0.2) is 0 Å². The molecule has 0 aliphatic heterocycles. The quantitative estimate of drug-likeness (QED) is 0.656. The molecule has 24 heavy (non-hydrogen) atoms. The van der Waals surface area contributed by atoms with Crippen molar-refractivity contribution in [1.29, 1.82) is 0 Å². The average molecular weight is 328 g/mol. The van der Waals surface area contributed by atoms with Gasteiger partial charge < -0.3 is 14.6 Å². The normalized spacial score (nSPS) is 14.4. The van der Waals surface area contributed by atoms with Crippen molar-refractivity contribution in [1.82, 2.24) is 34.6 Å². The van der Waals surface area contributed by atoms with Gasteiger partial charge in [-0.15, -0.1) is 20.4 Å². The lowest BCUT2D eigenvalue weighted by Crippen LogP contribution is -2.13. The molecule has 0 unspecified atom stereocenters. The van der Waals surface area contributed by atoms with Crippen LogP contribution in [-0.4, -0.2) is 54.8 Å². The van der Waals surface area contributed by atoms with E-state index in [4.69, 9.17) is 4.74 Å². The molecule has 0 saturated heterocycles. The first-order chi connectivity index (χ1) is 11.8. The van der Waals surface area contributed by atoms with E-state index in [-0.39, 0.29) is 0 Å². The standard InChI is InChI=1S/C15H20N8O/c1-24-7-6-22-9-17-19-14(22)4-5-16-13-8-12(11-2-3-11)21-23-10-18-20-15(13)23/h8-11,16H,2-7H2,1H3. The van der Waals surface area contributed by atoms with Crippen molar-refractivity contribution in [2.45, 2.75) is 31.7 Å². The number of methoxy groups -OCH3 is 1. The summed E-state index contributed by atoms with van der Waals surface area (Å²) >= 11 is 0. The number of rotatable bonds is 8. The van der Waals surface area contributed by atoms with Gasteiger partial charge in [0.1, 0.15) is 18.5 Å². The second kappa shape index (κ2) is 6.52. The number of ether oxygens (including phenoxy) is 1. The molecule has 1 saturated carbocycles. The van der Waals surface area contributed by atoms with Crippen LogP contribution in [0.15, 0.2) is 18.7 Å². The molecule has 0 atom stereocenters. The van der Waals surface area contributed by atoms with Crippen molar-refractivity contribution >= 4 is 11.3 Å². The zero-order chi connectivity index (χ0) is 16.4. The Kier molecular flexibility index (Phi) is 4.08. The van der Waals surface area contributed by atoms with Gasteiger partial charge in [0.2, 0.25) is 5.65 Å². The third kappa shape index (κ3) is 3.07. The third-order valence-corrected chi connectivity index (χ3v) is 4.18. The van der Waals surface area contributed by atoms with E-state index in [1.165, 1.54) is 12.8 Å². The molecular formula is C15H20N8O. The van der Waals surface area contributed by atoms with Crippen LogP contribution in [0, 0.1) is 0 Å². The Hall–Kier alpha value is -2.55. The molecule has 1 aliphatic rings. The van der Waals surface area contributed by atoms with E-state index in [0.29, 0.717) is 12.5 Å². The van der Waals surface area contributed by atoms with Gasteiger partial charge in [-0.1, -0.05) is 0 Å². The molecule has 126 valence electrons. The molecule has 3 aromatic rings. The van der Waals surface area contributed by atoms with Crippen LogP contribution in [0.25, 0.3) is 5.65 Å². The maximum atomic E-state index is 5.11. The first kappa shape index (κ1) is 15.0. The Balaban J connectivity index is 1.45. The van der Waals surface area contributed by atoms with Crippen molar-refractivity contribution in [3.8, 4) is 0 Å². The molecule has 4 rings (SSSR count). The van der Waals surface area contributed by atoms with Crippen LogP contribution in [0.2, 0.25) is 0 Å². The van der Waals surface area contributed by atoms with Crippen molar-refractivity contribution < 1.29 is 4.74 Å². The first-order valence-electron chi connectivity index (χ1n) is 8.15. The minimum absolute atomic E-state index is 0.578. The molecule has 9 nitrogen and oxygen atoms in total. The van der Waals surface area contributed by atoms with E-state index < -0.39 is 0 Å². The molecule has 9 heteroatoms. The summed E-state index contributed by atoms with van der Waals surface area (Å²) in [6, 6.07) is 2.09. The van der Waals surface area contributed by atoms with Crippen LogP contribution in [0.5, 0.6) is 0 Å². The summed E-state index contributed by atoms with van der Waals surface area (Å²) in [5.41, 5.74) is 2.82. The number of fused-ring (bicyclic) bond motifs is 1. The molecular weight excluding hydrogens is 308 g/mol. The Morgan fingerprint density at radius 1 is 1.25 bits per heavy atom. The van der Waals surface area contributed by atoms with E-state index in [9.17, 15) is 0 Å². The van der Waals surface area contributed by atoms with E-state index in [1.54, 1.807) is 24.3 Å². The molecule has 0 amide bonds. The Bertz CT molecular complexity index is 822. The highest BCUT2D eigenvalue weighted by molar-refractivity contribution is 5.66. The Morgan fingerprint density at radius 2 is 2.12 bits per heavy atom. The molecule has 1 fully saturated rings. The lowest BCUT2D eigenvalue weighted by atomic mass is 10.2. The Morgan fingerprint density at radius 3 is 2.96 bits per heavy atom. The van der Waals surface area contributed by atoms with Gasteiger partial charge in [0, 0.05) is 32.5 Å². The van der Waals surface area contributed by atoms with Gasteiger partial charge in [-0.25, -0.2) is 0 Å². The SMILES string of the molecule is COCCn1cnnc1CCNc1cc(C2CC2)nn2cnnc12. The number of aromatic nitrogens is 7. The van der Waals surface area contributed by atoms with Gasteiger partial charge in [-0.3, -0.25) is 0 Å². The number of hydrogen-bond donors (Lipinski definition) is 1. The van der Waals surface area contributed by atoms with Crippen molar-refractivity contribution in [2.24, 2.45) is 0 Å². The molecule has 0 bridgehead atoms. The first-order valence-corrected chi connectivity index (χ1v) is 8.15. The smallest absolute Gasteiger partial charge is 0.200 e. The average Bonchev–Trinajstić information content (AvgIpc) is 3.17. The van der Waals surface area contributed by atoms with Crippen molar-refractivity contribution in [2.75, 3.05) is 25.6 Å². The monoisotopic (exact) mass is 328 g/mol. The molecule has 3 heterocycles. The molecule has 1 N–H and O–H groups in total. The maximum Gasteiger partial charge on any atom is 0.200 e. The highest BCUT2D eigenvalue weighted by atomic mass is 16.5. The van der Waals surface area contributed by atoms with Gasteiger partial charge in [-0.2, -0.15) is 9.61 Å². The number of anilines is 1. The van der Waals surface area contributed by atoms with E-state index in [1.807, 2.05) is 4.57 Å². The summed E-state index contributed by atoms with van der Waals surface area (Å²) in [5.74, 6) is 1.52. The molecule has 3 aromatic heterocycles. The fourth-order valence-electron chi connectivity index (χ4n) is 2.71. The van der Waals surface area contributed by atoms with Crippen molar-refractivity contribution in [3.05, 3.63) is 30.2 Å². The van der Waals surface area contributed by atoms with Crippen LogP contribution in [0.1, 0.15) is 30.3 Å². The maximum absolute atomic E-state index is 5.11. The van der Waals surface area contributed by atoms with E-state index in [0.717, 1.165) is 42.4 Å². The minimum atomic E-state index is 0.578. The number of hydrogen-bond acceptors (Lipinski definition) is 7. The largest absolute Gasteiger partial charge is 0.383 e. The summed E-state index contributed by atoms with van der Waals surface area (Å²) in [6.07, 6.45) is 6.58. The lowest BCUT2D eigenvalue weighted by molar-refractivity contribution is 0.186. The second-order valence-electron chi connectivity index (χ2n) is 5.97. The number of nitrogens with zero attached hydrogens (tertiary/aromatic N) is 7. The highest BCUT2D eigenvalue weighted by Gasteiger charge is 2.26. The van der Waals surface area contributed by atoms with Crippen LogP contribution < -0.4 is 5.32 Å². The number of nitrogens with one attached hydrogen (secondary N) is 1. The molecule has 0 spiro atoms. The summed E-state index contributed by atoms with van der Waals surface area (Å²) in [6.45, 7) is 2.14. The molecule has 0 aromatic carbocycles. The third-order valence-electron chi connectivity index (χ3n) is 4.18. The van der Waals surface area contributed by atoms with Crippen LogP contribution >= 0.6 is 0 Å². The second-order valence-corrected chi connectivity index (χ2v) is 5.97. The van der Waals surface area contributed by atoms with E-state index in [2.05, 4.69) is 36.9 Å². The molecule has 1 aliphatic carbocycles. The van der Waals surface area contributed by atoms with Gasteiger partial charge in [-0.05, 0) is 18.9 Å². The zero-order valence-corrected chi connectivity index (χ0v) is 13.6. The zero-order valence-electron chi connectivity index (χ0n) is 13.6. The summed E-state index contributed by atoms with van der Waals surface area (Å²) in [7, 11) is 1.69. The summed E-state index contributed by atoms with van der Waals surface area (Å²) in [5, 5.41) is 24.3. The predicted octanol–water partition coefficient (Wildman–Crippen LogP) is 0.894. The Labute approximate surface area is 139 Å². The van der Waals surface area contributed by atoms with Gasteiger partial charge in [0.25, 0.3) is 0 Å². The fraction of sp³-hybridized carbons (Fsp3) is 0.533. The van der Waals surface area contributed by atoms with Gasteiger partial charge in [0.05, 0.1) is 18.0 Å². The lowest BCUT2D eigenvalue weighted by Gasteiger charge is -2.10. The van der Waals surface area contributed by atoms with Gasteiger partial charge >= 0.3 is 0 Å². The van der Waals surface area contributed by atoms with E-state index >= 15 is 0 Å². The van der Waals surface area contributed by atoms with Crippen LogP contribution in [0.4, 0.5) is 5.69 Å². The fourth-order valence-corrected chi connectivity index (χ4v) is 2.71. The predicted molar refractivity (Wildman–Crippen MR) is 86.8 cm³/mol. The topological polar surface area (TPSA) is 95.0 Å². The molecule has 0 radical (unpaired) electrons. The minimum Gasteiger partial charge on any atom is -0.383 e. The summed E-state index contributed by atoms with van der Waals surface area (Å²) in [4.78, 5) is 0.